The number of phenolic OH excluding ortho intramolecular Hbond substituents is 1. The highest BCUT2D eigenvalue weighted by molar-refractivity contribution is 5.64. The van der Waals surface area contributed by atoms with Gasteiger partial charge < -0.3 is 5.11 Å². The van der Waals surface area contributed by atoms with Gasteiger partial charge in [-0.15, -0.1) is 0 Å². The third-order valence-electron chi connectivity index (χ3n) is 3.01. The second kappa shape index (κ2) is 8.02. The first-order chi connectivity index (χ1) is 9.76. The van der Waals surface area contributed by atoms with Crippen LogP contribution in [0.5, 0.6) is 5.75 Å². The predicted molar refractivity (Wildman–Crippen MR) is 91.9 cm³/mol. The van der Waals surface area contributed by atoms with Crippen LogP contribution < -0.4 is 0 Å². The molecule has 0 aliphatic carbocycles. The van der Waals surface area contributed by atoms with Gasteiger partial charge in [-0.25, -0.2) is 0 Å². The van der Waals surface area contributed by atoms with Crippen molar-refractivity contribution >= 4 is 6.21 Å². The minimum absolute atomic E-state index is 0.345. The predicted octanol–water partition coefficient (Wildman–Crippen LogP) is 5.37. The molecule has 0 saturated heterocycles. The summed E-state index contributed by atoms with van der Waals surface area (Å²) < 4.78 is 0. The fourth-order valence-electron chi connectivity index (χ4n) is 2.18. The summed E-state index contributed by atoms with van der Waals surface area (Å²) in [6.45, 7) is 11.1. The number of aliphatic imine (C=N–C) groups is 1. The molecule has 2 nitrogen and oxygen atoms in total. The zero-order valence-corrected chi connectivity index (χ0v) is 14.1. The third kappa shape index (κ3) is 8.34. The molecule has 0 saturated carbocycles. The van der Waals surface area contributed by atoms with E-state index in [4.69, 9.17) is 5.11 Å². The quantitative estimate of drug-likeness (QED) is 0.796. The number of rotatable bonds is 3. The van der Waals surface area contributed by atoms with E-state index in [1.54, 1.807) is 12.1 Å². The maximum Gasteiger partial charge on any atom is 0.115 e. The van der Waals surface area contributed by atoms with Crippen LogP contribution in [0.4, 0.5) is 0 Å². The van der Waals surface area contributed by atoms with Crippen molar-refractivity contribution in [3.8, 4) is 5.75 Å². The maximum absolute atomic E-state index is 8.99. The lowest BCUT2D eigenvalue weighted by atomic mass is 9.91. The molecular weight excluding hydrogens is 258 g/mol. The van der Waals surface area contributed by atoms with Gasteiger partial charge in [0.2, 0.25) is 0 Å². The number of phenols is 1. The molecule has 1 aromatic carbocycles. The topological polar surface area (TPSA) is 32.6 Å². The highest BCUT2D eigenvalue weighted by atomic mass is 16.3. The Morgan fingerprint density at radius 1 is 1.14 bits per heavy atom. The molecule has 116 valence electrons. The molecule has 0 unspecified atom stereocenters. The number of aromatic hydroxyl groups is 1. The Morgan fingerprint density at radius 3 is 2.19 bits per heavy atom. The smallest absolute Gasteiger partial charge is 0.115 e. The SMILES string of the molecule is CC(C)(C)CC1=CCC=N1.CC(C)Cc1ccc(O)cc1. The first-order valence-electron chi connectivity index (χ1n) is 7.76. The largest absolute Gasteiger partial charge is 0.508 e. The van der Waals surface area contributed by atoms with Gasteiger partial charge in [0.15, 0.2) is 0 Å². The van der Waals surface area contributed by atoms with Gasteiger partial charge in [0.05, 0.1) is 0 Å². The molecule has 2 rings (SSSR count). The van der Waals surface area contributed by atoms with Gasteiger partial charge in [-0.3, -0.25) is 4.99 Å². The Hall–Kier alpha value is -1.57. The molecule has 0 amide bonds. The molecule has 0 atom stereocenters. The van der Waals surface area contributed by atoms with E-state index in [1.165, 1.54) is 11.3 Å². The monoisotopic (exact) mass is 287 g/mol. The van der Waals surface area contributed by atoms with Gasteiger partial charge in [-0.05, 0) is 41.9 Å². The fourth-order valence-corrected chi connectivity index (χ4v) is 2.18. The van der Waals surface area contributed by atoms with Gasteiger partial charge in [-0.2, -0.15) is 0 Å². The maximum atomic E-state index is 8.99. The van der Waals surface area contributed by atoms with Gasteiger partial charge in [0, 0.05) is 18.3 Å². The molecule has 21 heavy (non-hydrogen) atoms. The first-order valence-corrected chi connectivity index (χ1v) is 7.76. The summed E-state index contributed by atoms with van der Waals surface area (Å²) in [7, 11) is 0. The lowest BCUT2D eigenvalue weighted by Crippen LogP contribution is -2.04. The first kappa shape index (κ1) is 17.5. The highest BCUT2D eigenvalue weighted by Crippen LogP contribution is 2.26. The number of benzene rings is 1. The fraction of sp³-hybridized carbons (Fsp3) is 0.526. The molecule has 0 radical (unpaired) electrons. The molecule has 1 aliphatic heterocycles. The van der Waals surface area contributed by atoms with Crippen LogP contribution in [0, 0.1) is 11.3 Å². The van der Waals surface area contributed by atoms with E-state index in [2.05, 4.69) is 45.7 Å². The molecule has 1 aliphatic rings. The van der Waals surface area contributed by atoms with Crippen LogP contribution in [0.25, 0.3) is 0 Å². The average molecular weight is 287 g/mol. The summed E-state index contributed by atoms with van der Waals surface area (Å²) in [5.74, 6) is 1.03. The Labute approximate surface area is 129 Å². The molecular formula is C19H29NO. The summed E-state index contributed by atoms with van der Waals surface area (Å²) in [5, 5.41) is 8.99. The Kier molecular flexibility index (Phi) is 6.67. The molecule has 0 fully saturated rings. The van der Waals surface area contributed by atoms with Crippen LogP contribution in [0.3, 0.4) is 0 Å². The van der Waals surface area contributed by atoms with Gasteiger partial charge >= 0.3 is 0 Å². The van der Waals surface area contributed by atoms with E-state index in [-0.39, 0.29) is 0 Å². The van der Waals surface area contributed by atoms with Gasteiger partial charge in [0.25, 0.3) is 0 Å². The molecule has 0 spiro atoms. The lowest BCUT2D eigenvalue weighted by molar-refractivity contribution is 0.408. The van der Waals surface area contributed by atoms with Crippen molar-refractivity contribution < 1.29 is 5.11 Å². The Bertz CT molecular complexity index is 475. The zero-order chi connectivity index (χ0) is 15.9. The van der Waals surface area contributed by atoms with Crippen LogP contribution >= 0.6 is 0 Å². The van der Waals surface area contributed by atoms with Crippen molar-refractivity contribution in [1.82, 2.24) is 0 Å². The average Bonchev–Trinajstić information content (AvgIpc) is 2.83. The summed E-state index contributed by atoms with van der Waals surface area (Å²) in [6.07, 6.45) is 7.39. The van der Waals surface area contributed by atoms with E-state index in [9.17, 15) is 0 Å². The molecule has 1 N–H and O–H groups in total. The van der Waals surface area contributed by atoms with Crippen LogP contribution in [0.1, 0.15) is 53.0 Å². The van der Waals surface area contributed by atoms with Crippen molar-refractivity contribution in [3.05, 3.63) is 41.6 Å². The van der Waals surface area contributed by atoms with Crippen molar-refractivity contribution in [2.24, 2.45) is 16.3 Å². The molecule has 0 aromatic heterocycles. The molecule has 0 bridgehead atoms. The number of allylic oxidation sites excluding steroid dienone is 2. The van der Waals surface area contributed by atoms with Crippen molar-refractivity contribution in [3.63, 3.8) is 0 Å². The molecule has 1 aromatic rings. The number of nitrogens with zero attached hydrogens (tertiary/aromatic N) is 1. The Balaban J connectivity index is 0.000000211. The van der Waals surface area contributed by atoms with Crippen molar-refractivity contribution in [2.45, 2.75) is 53.9 Å². The summed E-state index contributed by atoms with van der Waals surface area (Å²) >= 11 is 0. The van der Waals surface area contributed by atoms with Crippen LogP contribution in [-0.2, 0) is 6.42 Å². The second-order valence-corrected chi connectivity index (χ2v) is 7.24. The lowest BCUT2D eigenvalue weighted by Gasteiger charge is -2.16. The highest BCUT2D eigenvalue weighted by Gasteiger charge is 2.13. The molecule has 1 heterocycles. The van der Waals surface area contributed by atoms with E-state index >= 15 is 0 Å². The van der Waals surface area contributed by atoms with Crippen molar-refractivity contribution in [1.29, 1.82) is 0 Å². The minimum Gasteiger partial charge on any atom is -0.508 e. The normalized spacial score (nSPS) is 13.9. The standard InChI is InChI=1S/C10H14O.C9H15N/c1-8(2)7-9-3-5-10(11)6-4-9;1-9(2,3)7-8-5-4-6-10-8/h3-6,8,11H,7H2,1-2H3;5-6H,4,7H2,1-3H3. The number of hydrogen-bond donors (Lipinski definition) is 1. The minimum atomic E-state index is 0.345. The van der Waals surface area contributed by atoms with E-state index < -0.39 is 0 Å². The van der Waals surface area contributed by atoms with Gasteiger partial charge in [-0.1, -0.05) is 52.8 Å². The second-order valence-electron chi connectivity index (χ2n) is 7.24. The Morgan fingerprint density at radius 2 is 1.76 bits per heavy atom. The van der Waals surface area contributed by atoms with E-state index in [0.717, 1.165) is 19.3 Å². The summed E-state index contributed by atoms with van der Waals surface area (Å²) in [6, 6.07) is 7.40. The van der Waals surface area contributed by atoms with Crippen LogP contribution in [-0.4, -0.2) is 11.3 Å². The van der Waals surface area contributed by atoms with E-state index in [0.29, 0.717) is 17.1 Å². The molecule has 2 heteroatoms. The van der Waals surface area contributed by atoms with Crippen LogP contribution in [0.15, 0.2) is 41.0 Å². The third-order valence-corrected chi connectivity index (χ3v) is 3.01. The summed E-state index contributed by atoms with van der Waals surface area (Å²) in [4.78, 5) is 4.26. The van der Waals surface area contributed by atoms with Crippen LogP contribution in [0.2, 0.25) is 0 Å². The van der Waals surface area contributed by atoms with Gasteiger partial charge in [0.1, 0.15) is 5.75 Å². The summed E-state index contributed by atoms with van der Waals surface area (Å²) in [5.41, 5.74) is 2.93. The number of hydrogen-bond acceptors (Lipinski definition) is 2. The zero-order valence-electron chi connectivity index (χ0n) is 14.1. The van der Waals surface area contributed by atoms with E-state index in [1.807, 2.05) is 18.3 Å². The van der Waals surface area contributed by atoms with Crippen molar-refractivity contribution in [2.75, 3.05) is 0 Å².